The zero-order chi connectivity index (χ0) is 29.6. The minimum absolute atomic E-state index is 0.00320. The van der Waals surface area contributed by atoms with Crippen LogP contribution in [0.3, 0.4) is 0 Å². The highest BCUT2D eigenvalue weighted by molar-refractivity contribution is 6.37. The summed E-state index contributed by atoms with van der Waals surface area (Å²) in [6, 6.07) is 9.63. The van der Waals surface area contributed by atoms with Gasteiger partial charge in [0.2, 0.25) is 5.91 Å². The van der Waals surface area contributed by atoms with Crippen LogP contribution in [0.25, 0.3) is 5.69 Å². The van der Waals surface area contributed by atoms with E-state index >= 15 is 0 Å². The van der Waals surface area contributed by atoms with E-state index in [2.05, 4.69) is 17.3 Å². The van der Waals surface area contributed by atoms with Crippen molar-refractivity contribution < 1.29 is 23.9 Å². The summed E-state index contributed by atoms with van der Waals surface area (Å²) in [4.78, 5) is 39.3. The van der Waals surface area contributed by atoms with E-state index in [4.69, 9.17) is 21.1 Å². The predicted molar refractivity (Wildman–Crippen MR) is 161 cm³/mol. The van der Waals surface area contributed by atoms with Crippen molar-refractivity contribution in [1.82, 2.24) is 9.78 Å². The number of ketones is 1. The third-order valence-corrected chi connectivity index (χ3v) is 7.20. The number of esters is 1. The van der Waals surface area contributed by atoms with E-state index < -0.39 is 11.8 Å². The second-order valence-corrected chi connectivity index (χ2v) is 10.4. The van der Waals surface area contributed by atoms with Gasteiger partial charge in [0.1, 0.15) is 5.75 Å². The van der Waals surface area contributed by atoms with Crippen LogP contribution in [0.4, 0.5) is 5.69 Å². The van der Waals surface area contributed by atoms with E-state index in [1.165, 1.54) is 75.9 Å². The van der Waals surface area contributed by atoms with Crippen LogP contribution < -0.4 is 10.1 Å². The normalized spacial score (nSPS) is 10.8. The van der Waals surface area contributed by atoms with Gasteiger partial charge in [-0.1, -0.05) is 76.3 Å². The maximum absolute atomic E-state index is 13.9. The molecule has 0 saturated carbocycles. The number of carbonyl (C=O) groups excluding carboxylic acids is 3. The third-order valence-electron chi connectivity index (χ3n) is 6.81. The Labute approximate surface area is 247 Å². The number of hydrogen-bond donors (Lipinski definition) is 1. The topological polar surface area (TPSA) is 99.5 Å². The van der Waals surface area contributed by atoms with Crippen LogP contribution >= 0.6 is 11.6 Å². The molecule has 0 aliphatic heterocycles. The van der Waals surface area contributed by atoms with E-state index in [1.807, 2.05) is 0 Å². The highest BCUT2D eigenvalue weighted by atomic mass is 35.5. The molecule has 0 spiro atoms. The van der Waals surface area contributed by atoms with Crippen LogP contribution in [0, 0.1) is 0 Å². The van der Waals surface area contributed by atoms with Crippen molar-refractivity contribution >= 4 is 34.9 Å². The molecule has 3 aromatic rings. The predicted octanol–water partition coefficient (Wildman–Crippen LogP) is 7.80. The van der Waals surface area contributed by atoms with Gasteiger partial charge in [-0.3, -0.25) is 9.59 Å². The Balaban J connectivity index is 1.82. The number of anilines is 1. The molecule has 0 radical (unpaired) electrons. The van der Waals surface area contributed by atoms with Gasteiger partial charge in [0.05, 0.1) is 41.2 Å². The Hall–Kier alpha value is -3.65. The molecular formula is C32H40ClN3O5. The molecular weight excluding hydrogens is 542 g/mol. The second-order valence-electron chi connectivity index (χ2n) is 10.0. The molecule has 0 bridgehead atoms. The molecule has 1 amide bonds. The van der Waals surface area contributed by atoms with Gasteiger partial charge < -0.3 is 14.8 Å². The molecule has 220 valence electrons. The molecule has 0 unspecified atom stereocenters. The molecule has 0 atom stereocenters. The summed E-state index contributed by atoms with van der Waals surface area (Å²) in [5.74, 6) is -0.906. The molecule has 3 rings (SSSR count). The van der Waals surface area contributed by atoms with Crippen molar-refractivity contribution in [1.29, 1.82) is 0 Å². The maximum Gasteiger partial charge on any atom is 0.339 e. The fraction of sp³-hybridized carbons (Fsp3) is 0.438. The van der Waals surface area contributed by atoms with E-state index in [1.54, 1.807) is 36.5 Å². The van der Waals surface area contributed by atoms with Gasteiger partial charge in [-0.25, -0.2) is 9.48 Å². The lowest BCUT2D eigenvalue weighted by atomic mass is 9.95. The van der Waals surface area contributed by atoms with Crippen molar-refractivity contribution in [2.45, 2.75) is 78.1 Å². The highest BCUT2D eigenvalue weighted by Gasteiger charge is 2.29. The zero-order valence-electron chi connectivity index (χ0n) is 24.2. The Morgan fingerprint density at radius 2 is 1.59 bits per heavy atom. The Kier molecular flexibility index (Phi) is 12.9. The van der Waals surface area contributed by atoms with Gasteiger partial charge in [-0.15, -0.1) is 0 Å². The standard InChI is InChI=1S/C32H40ClN3O5/c1-4-5-6-7-8-9-10-11-12-13-21-41-32(39)26-22-27(35-23(2)37)29(33)30(36-20-14-19-34-36)28(26)31(38)24-15-17-25(40-3)18-16-24/h14-20,22H,4-13,21H2,1-3H3,(H,35,37). The summed E-state index contributed by atoms with van der Waals surface area (Å²) < 4.78 is 12.3. The first-order valence-corrected chi connectivity index (χ1v) is 14.7. The lowest BCUT2D eigenvalue weighted by molar-refractivity contribution is -0.114. The SMILES string of the molecule is CCCCCCCCCCCCOC(=O)c1cc(NC(C)=O)c(Cl)c(-n2cccn2)c1C(=O)c1ccc(OC)cc1. The molecule has 1 N–H and O–H groups in total. The van der Waals surface area contributed by atoms with Crippen LogP contribution in [0.1, 0.15) is 104 Å². The molecule has 2 aromatic carbocycles. The Bertz CT molecular complexity index is 1290. The summed E-state index contributed by atoms with van der Waals surface area (Å²) in [5.41, 5.74) is 0.713. The molecule has 8 nitrogen and oxygen atoms in total. The number of rotatable bonds is 17. The summed E-state index contributed by atoms with van der Waals surface area (Å²) in [6.45, 7) is 3.78. The number of methoxy groups -OCH3 is 1. The van der Waals surface area contributed by atoms with Crippen molar-refractivity contribution in [3.8, 4) is 11.4 Å². The molecule has 1 aromatic heterocycles. The number of nitrogens with one attached hydrogen (secondary N) is 1. The van der Waals surface area contributed by atoms with E-state index in [9.17, 15) is 14.4 Å². The van der Waals surface area contributed by atoms with Crippen LogP contribution in [-0.2, 0) is 9.53 Å². The number of benzene rings is 2. The Morgan fingerprint density at radius 3 is 2.15 bits per heavy atom. The quantitative estimate of drug-likeness (QED) is 0.0991. The minimum atomic E-state index is -0.672. The van der Waals surface area contributed by atoms with Crippen LogP contribution in [0.2, 0.25) is 5.02 Å². The van der Waals surface area contributed by atoms with Crippen LogP contribution in [0.15, 0.2) is 48.8 Å². The molecule has 41 heavy (non-hydrogen) atoms. The number of carbonyl (C=O) groups is 3. The highest BCUT2D eigenvalue weighted by Crippen LogP contribution is 2.36. The summed E-state index contributed by atoms with van der Waals surface area (Å²) in [5, 5.41) is 6.99. The second kappa shape index (κ2) is 16.6. The average Bonchev–Trinajstić information content (AvgIpc) is 3.50. The van der Waals surface area contributed by atoms with Crippen molar-refractivity contribution in [2.24, 2.45) is 0 Å². The zero-order valence-corrected chi connectivity index (χ0v) is 25.0. The number of halogens is 1. The van der Waals surface area contributed by atoms with Crippen LogP contribution in [0.5, 0.6) is 5.75 Å². The lowest BCUT2D eigenvalue weighted by Gasteiger charge is -2.19. The first kappa shape index (κ1) is 31.9. The van der Waals surface area contributed by atoms with Gasteiger partial charge in [0, 0.05) is 24.9 Å². The van der Waals surface area contributed by atoms with E-state index in [-0.39, 0.29) is 40.0 Å². The maximum atomic E-state index is 13.9. The largest absolute Gasteiger partial charge is 0.497 e. The third kappa shape index (κ3) is 9.18. The monoisotopic (exact) mass is 581 g/mol. The first-order valence-electron chi connectivity index (χ1n) is 14.4. The minimum Gasteiger partial charge on any atom is -0.497 e. The molecule has 1 heterocycles. The Morgan fingerprint density at radius 1 is 0.951 bits per heavy atom. The number of hydrogen-bond acceptors (Lipinski definition) is 6. The molecule has 0 saturated heterocycles. The van der Waals surface area contributed by atoms with Gasteiger partial charge >= 0.3 is 5.97 Å². The first-order chi connectivity index (χ1) is 19.9. The summed E-state index contributed by atoms with van der Waals surface area (Å²) in [6.07, 6.45) is 14.8. The van der Waals surface area contributed by atoms with Gasteiger partial charge in [-0.05, 0) is 42.8 Å². The van der Waals surface area contributed by atoms with Crippen molar-refractivity contribution in [3.63, 3.8) is 0 Å². The van der Waals surface area contributed by atoms with Crippen molar-refractivity contribution in [2.75, 3.05) is 19.0 Å². The number of nitrogens with zero attached hydrogens (tertiary/aromatic N) is 2. The fourth-order valence-corrected chi connectivity index (χ4v) is 4.93. The van der Waals surface area contributed by atoms with E-state index in [0.717, 1.165) is 19.3 Å². The molecule has 0 aliphatic rings. The number of amides is 1. The number of aromatic nitrogens is 2. The van der Waals surface area contributed by atoms with Crippen LogP contribution in [-0.4, -0.2) is 41.2 Å². The number of unbranched alkanes of at least 4 members (excludes halogenated alkanes) is 9. The molecule has 9 heteroatoms. The summed E-state index contributed by atoms with van der Waals surface area (Å²) >= 11 is 6.73. The average molecular weight is 582 g/mol. The fourth-order valence-electron chi connectivity index (χ4n) is 4.65. The number of ether oxygens (including phenoxy) is 2. The smallest absolute Gasteiger partial charge is 0.339 e. The molecule has 0 fully saturated rings. The van der Waals surface area contributed by atoms with Crippen molar-refractivity contribution in [3.05, 3.63) is 70.5 Å². The van der Waals surface area contributed by atoms with Gasteiger partial charge in [-0.2, -0.15) is 5.10 Å². The van der Waals surface area contributed by atoms with E-state index in [0.29, 0.717) is 11.3 Å². The summed E-state index contributed by atoms with van der Waals surface area (Å²) in [7, 11) is 1.54. The van der Waals surface area contributed by atoms with Gasteiger partial charge in [0.15, 0.2) is 5.78 Å². The van der Waals surface area contributed by atoms with Gasteiger partial charge in [0.25, 0.3) is 0 Å². The lowest BCUT2D eigenvalue weighted by Crippen LogP contribution is -2.19. The molecule has 0 aliphatic carbocycles.